The average Bonchev–Trinajstić information content (AvgIpc) is 2.97. The molecule has 1 aromatic carbocycles. The van der Waals surface area contributed by atoms with Crippen LogP contribution in [0.25, 0.3) is 6.08 Å². The summed E-state index contributed by atoms with van der Waals surface area (Å²) < 4.78 is 0. The summed E-state index contributed by atoms with van der Waals surface area (Å²) >= 11 is 7.32. The predicted octanol–water partition coefficient (Wildman–Crippen LogP) is 3.39. The zero-order valence-electron chi connectivity index (χ0n) is 11.7. The van der Waals surface area contributed by atoms with E-state index in [1.165, 1.54) is 19.1 Å². The van der Waals surface area contributed by atoms with E-state index in [1.54, 1.807) is 11.4 Å². The number of aromatic nitrogens is 1. The molecule has 0 aliphatic carbocycles. The molecule has 1 aromatic heterocycles. The van der Waals surface area contributed by atoms with Gasteiger partial charge >= 0.3 is 0 Å². The van der Waals surface area contributed by atoms with E-state index in [0.717, 1.165) is 11.3 Å². The molecule has 5 nitrogen and oxygen atoms in total. The molecule has 2 N–H and O–H groups in total. The Balaban J connectivity index is 2.40. The number of benzene rings is 1. The van der Waals surface area contributed by atoms with Gasteiger partial charge in [0.2, 0.25) is 0 Å². The van der Waals surface area contributed by atoms with Crippen molar-refractivity contribution in [3.63, 3.8) is 0 Å². The van der Waals surface area contributed by atoms with E-state index >= 15 is 0 Å². The fourth-order valence-corrected chi connectivity index (χ4v) is 2.78. The molecule has 0 aliphatic heterocycles. The normalized spacial score (nSPS) is 10.3. The summed E-state index contributed by atoms with van der Waals surface area (Å²) in [5.74, 6) is -0.717. The van der Waals surface area contributed by atoms with Crippen molar-refractivity contribution in [3.05, 3.63) is 50.9 Å². The number of aliphatic hydroxyl groups excluding tert-OH is 1. The predicted molar refractivity (Wildman–Crippen MR) is 87.5 cm³/mol. The van der Waals surface area contributed by atoms with Crippen molar-refractivity contribution in [2.24, 2.45) is 0 Å². The van der Waals surface area contributed by atoms with Crippen LogP contribution in [0.1, 0.15) is 38.3 Å². The molecule has 0 unspecified atom stereocenters. The Labute approximate surface area is 136 Å². The number of carbonyl (C=O) groups excluding carboxylic acids is 2. The average molecular weight is 337 g/mol. The first kappa shape index (κ1) is 16.4. The second-order valence-corrected chi connectivity index (χ2v) is 5.65. The third-order valence-corrected chi connectivity index (χ3v) is 4.23. The Morgan fingerprint density at radius 3 is 2.77 bits per heavy atom. The summed E-state index contributed by atoms with van der Waals surface area (Å²) in [4.78, 5) is 28.0. The van der Waals surface area contributed by atoms with Crippen LogP contribution in [-0.4, -0.2) is 21.8 Å². The molecule has 0 spiro atoms. The van der Waals surface area contributed by atoms with Crippen LogP contribution < -0.4 is 5.32 Å². The molecule has 2 aromatic rings. The Bertz CT molecular complexity index is 755. The lowest BCUT2D eigenvalue weighted by Gasteiger charge is -2.13. The van der Waals surface area contributed by atoms with Gasteiger partial charge in [-0.2, -0.15) is 0 Å². The molecule has 0 saturated heterocycles. The van der Waals surface area contributed by atoms with Gasteiger partial charge in [-0.25, -0.2) is 4.98 Å². The van der Waals surface area contributed by atoms with Crippen molar-refractivity contribution >= 4 is 46.4 Å². The molecule has 2 rings (SSSR count). The molecule has 0 bridgehead atoms. The number of nitrogens with one attached hydrogen (secondary N) is 1. The minimum atomic E-state index is -0.474. The lowest BCUT2D eigenvalue weighted by molar-refractivity contribution is 0.101. The third-order valence-electron chi connectivity index (χ3n) is 2.94. The van der Waals surface area contributed by atoms with Crippen molar-refractivity contribution in [2.45, 2.75) is 13.5 Å². The summed E-state index contributed by atoms with van der Waals surface area (Å²) in [6.45, 7) is 4.66. The van der Waals surface area contributed by atoms with Crippen LogP contribution in [0, 0.1) is 0 Å². The first-order valence-corrected chi connectivity index (χ1v) is 7.56. The number of carbonyl (C=O) groups is 2. The van der Waals surface area contributed by atoms with Crippen LogP contribution >= 0.6 is 22.9 Å². The maximum Gasteiger partial charge on any atom is 0.284 e. The van der Waals surface area contributed by atoms with Crippen LogP contribution in [0.4, 0.5) is 5.69 Å². The van der Waals surface area contributed by atoms with Crippen molar-refractivity contribution in [2.75, 3.05) is 5.32 Å². The van der Waals surface area contributed by atoms with Crippen LogP contribution in [0.3, 0.4) is 0 Å². The van der Waals surface area contributed by atoms with Gasteiger partial charge in [0, 0.05) is 10.9 Å². The molecular weight excluding hydrogens is 324 g/mol. The molecule has 1 amide bonds. The van der Waals surface area contributed by atoms with Crippen molar-refractivity contribution in [3.8, 4) is 0 Å². The van der Waals surface area contributed by atoms with E-state index in [2.05, 4.69) is 16.9 Å². The second kappa shape index (κ2) is 6.83. The highest BCUT2D eigenvalue weighted by Crippen LogP contribution is 2.31. The maximum atomic E-state index is 12.2. The highest BCUT2D eigenvalue weighted by atomic mass is 35.5. The quantitative estimate of drug-likeness (QED) is 0.820. The van der Waals surface area contributed by atoms with Gasteiger partial charge in [-0.15, -0.1) is 11.3 Å². The zero-order valence-corrected chi connectivity index (χ0v) is 13.3. The van der Waals surface area contributed by atoms with Gasteiger partial charge in [0.25, 0.3) is 5.91 Å². The third kappa shape index (κ3) is 3.24. The Hall–Kier alpha value is -2.02. The van der Waals surface area contributed by atoms with Crippen molar-refractivity contribution in [1.82, 2.24) is 4.98 Å². The Morgan fingerprint density at radius 1 is 1.50 bits per heavy atom. The standard InChI is InChI=1S/C15H13ClN2O3S/c1-3-10-7-22-15(17-10)14(21)18-13-11(8(2)20)5-4-9(6-19)12(13)16/h3-5,7,19H,1,6H2,2H3,(H,18,21). The van der Waals surface area contributed by atoms with Gasteiger partial charge < -0.3 is 10.4 Å². The van der Waals surface area contributed by atoms with Crippen LogP contribution in [0.2, 0.25) is 5.02 Å². The molecule has 1 heterocycles. The summed E-state index contributed by atoms with van der Waals surface area (Å²) in [6.07, 6.45) is 1.54. The SMILES string of the molecule is C=Cc1csc(C(=O)Nc2c(C(C)=O)ccc(CO)c2Cl)n1. The molecule has 22 heavy (non-hydrogen) atoms. The number of thiazole rings is 1. The van der Waals surface area contributed by atoms with Crippen LogP contribution in [0.5, 0.6) is 0 Å². The van der Waals surface area contributed by atoms with E-state index in [9.17, 15) is 14.7 Å². The van der Waals surface area contributed by atoms with Crippen LogP contribution in [0.15, 0.2) is 24.1 Å². The summed E-state index contributed by atoms with van der Waals surface area (Å²) in [5, 5.41) is 13.9. The first-order chi connectivity index (χ1) is 10.5. The number of rotatable bonds is 5. The van der Waals surface area contributed by atoms with Gasteiger partial charge in [0.1, 0.15) is 0 Å². The van der Waals surface area contributed by atoms with E-state index in [-0.39, 0.29) is 33.7 Å². The van der Waals surface area contributed by atoms with Gasteiger partial charge in [-0.1, -0.05) is 24.2 Å². The monoisotopic (exact) mass is 336 g/mol. The lowest BCUT2D eigenvalue weighted by Crippen LogP contribution is -2.15. The van der Waals surface area contributed by atoms with E-state index in [4.69, 9.17) is 11.6 Å². The number of halogens is 1. The minimum Gasteiger partial charge on any atom is -0.392 e. The molecule has 0 radical (unpaired) electrons. The zero-order chi connectivity index (χ0) is 16.3. The number of aliphatic hydroxyl groups is 1. The van der Waals surface area contributed by atoms with Gasteiger partial charge in [-0.3, -0.25) is 9.59 Å². The topological polar surface area (TPSA) is 79.3 Å². The van der Waals surface area contributed by atoms with Gasteiger partial charge in [0.15, 0.2) is 10.8 Å². The second-order valence-electron chi connectivity index (χ2n) is 4.41. The largest absolute Gasteiger partial charge is 0.392 e. The van der Waals surface area contributed by atoms with E-state index in [0.29, 0.717) is 11.3 Å². The summed E-state index contributed by atoms with van der Waals surface area (Å²) in [5.41, 5.74) is 1.47. The number of hydrogen-bond donors (Lipinski definition) is 2. The number of ketones is 1. The van der Waals surface area contributed by atoms with Gasteiger partial charge in [-0.05, 0) is 24.6 Å². The van der Waals surface area contributed by atoms with Crippen molar-refractivity contribution < 1.29 is 14.7 Å². The number of anilines is 1. The van der Waals surface area contributed by atoms with Gasteiger partial charge in [0.05, 0.1) is 23.0 Å². The molecule has 7 heteroatoms. The van der Waals surface area contributed by atoms with E-state index in [1.807, 2.05) is 0 Å². The number of nitrogens with zero attached hydrogens (tertiary/aromatic N) is 1. The summed E-state index contributed by atoms with van der Waals surface area (Å²) in [6, 6.07) is 3.07. The molecular formula is C15H13ClN2O3S. The fourth-order valence-electron chi connectivity index (χ4n) is 1.81. The molecule has 0 atom stereocenters. The highest BCUT2D eigenvalue weighted by Gasteiger charge is 2.19. The lowest BCUT2D eigenvalue weighted by atomic mass is 10.1. The van der Waals surface area contributed by atoms with Crippen molar-refractivity contribution in [1.29, 1.82) is 0 Å². The first-order valence-electron chi connectivity index (χ1n) is 6.30. The Morgan fingerprint density at radius 2 is 2.23 bits per heavy atom. The number of hydrogen-bond acceptors (Lipinski definition) is 5. The summed E-state index contributed by atoms with van der Waals surface area (Å²) in [7, 11) is 0. The fraction of sp³-hybridized carbons (Fsp3) is 0.133. The molecule has 0 fully saturated rings. The number of Topliss-reactive ketones (excluding diaryl/α,β-unsaturated/α-hetero) is 1. The molecule has 0 saturated carbocycles. The minimum absolute atomic E-state index is 0.143. The molecule has 0 aliphatic rings. The smallest absolute Gasteiger partial charge is 0.284 e. The maximum absolute atomic E-state index is 12.2. The molecule has 114 valence electrons. The highest BCUT2D eigenvalue weighted by molar-refractivity contribution is 7.11. The number of amides is 1. The Kier molecular flexibility index (Phi) is 5.07. The van der Waals surface area contributed by atoms with E-state index < -0.39 is 5.91 Å². The van der Waals surface area contributed by atoms with Crippen LogP contribution in [-0.2, 0) is 6.61 Å².